The molecule has 5 aromatic rings. The second-order valence-corrected chi connectivity index (χ2v) is 9.42. The highest BCUT2D eigenvalue weighted by atomic mass is 35.5. The van der Waals surface area contributed by atoms with E-state index in [0.29, 0.717) is 25.5 Å². The maximum absolute atomic E-state index is 13.0. The molecule has 3 N–H and O–H groups in total. The van der Waals surface area contributed by atoms with Crippen LogP contribution < -0.4 is 15.8 Å². The number of carbonyl (C=O) groups excluding carboxylic acids is 1. The number of amides is 1. The lowest BCUT2D eigenvalue weighted by molar-refractivity contribution is 0.103. The topological polar surface area (TPSA) is 90.1 Å². The van der Waals surface area contributed by atoms with E-state index in [1.807, 2.05) is 66.0 Å². The van der Waals surface area contributed by atoms with Crippen LogP contribution in [0.1, 0.15) is 9.67 Å². The molecule has 0 atom stereocenters. The molecule has 0 bridgehead atoms. The number of thiophene rings is 1. The summed E-state index contributed by atoms with van der Waals surface area (Å²) in [6, 6.07) is 18.8. The number of nitrogens with zero attached hydrogens (tertiary/aromatic N) is 2. The highest BCUT2D eigenvalue weighted by Crippen LogP contribution is 2.35. The fraction of sp³-hybridized carbons (Fsp3) is 0.0417. The highest BCUT2D eigenvalue weighted by molar-refractivity contribution is 7.21. The summed E-state index contributed by atoms with van der Waals surface area (Å²) in [6.45, 7) is 0. The van der Waals surface area contributed by atoms with Gasteiger partial charge in [0.2, 0.25) is 0 Å². The van der Waals surface area contributed by atoms with Gasteiger partial charge in [-0.2, -0.15) is 0 Å². The van der Waals surface area contributed by atoms with E-state index < -0.39 is 0 Å². The molecule has 0 saturated heterocycles. The summed E-state index contributed by atoms with van der Waals surface area (Å²) in [6.07, 6.45) is 0. The Balaban J connectivity index is 1.38. The lowest BCUT2D eigenvalue weighted by Gasteiger charge is -2.02. The third kappa shape index (κ3) is 4.28. The van der Waals surface area contributed by atoms with Gasteiger partial charge in [-0.05, 0) is 48.5 Å². The number of nitrogens with one attached hydrogen (secondary N) is 1. The third-order valence-electron chi connectivity index (χ3n) is 5.05. The van der Waals surface area contributed by atoms with Crippen molar-refractivity contribution >= 4 is 61.2 Å². The van der Waals surface area contributed by atoms with Gasteiger partial charge in [-0.1, -0.05) is 23.7 Å². The lowest BCUT2D eigenvalue weighted by atomic mass is 10.1. The summed E-state index contributed by atoms with van der Waals surface area (Å²) in [5.41, 5.74) is 10.1. The number of carbonyl (C=O) groups is 1. The average molecular weight is 493 g/mol. The Morgan fingerprint density at radius 1 is 0.970 bits per heavy atom. The van der Waals surface area contributed by atoms with Crippen LogP contribution in [0.4, 0.5) is 10.8 Å². The number of hydrogen-bond donors (Lipinski definition) is 2. The van der Waals surface area contributed by atoms with Gasteiger partial charge in [0.25, 0.3) is 5.91 Å². The predicted molar refractivity (Wildman–Crippen MR) is 137 cm³/mol. The van der Waals surface area contributed by atoms with E-state index in [9.17, 15) is 4.79 Å². The van der Waals surface area contributed by atoms with Crippen molar-refractivity contribution in [1.29, 1.82) is 0 Å². The van der Waals surface area contributed by atoms with Crippen LogP contribution in [-0.2, 0) is 0 Å². The summed E-state index contributed by atoms with van der Waals surface area (Å²) < 4.78 is 5.19. The van der Waals surface area contributed by atoms with Gasteiger partial charge in [-0.25, -0.2) is 9.97 Å². The lowest BCUT2D eigenvalue weighted by Crippen LogP contribution is -2.11. The minimum atomic E-state index is -0.306. The molecule has 0 aliphatic carbocycles. The number of halogens is 1. The molecule has 6 nitrogen and oxygen atoms in total. The molecule has 3 heterocycles. The number of benzene rings is 2. The van der Waals surface area contributed by atoms with Gasteiger partial charge in [-0.3, -0.25) is 10.1 Å². The number of nitrogens with two attached hydrogens (primary N) is 1. The van der Waals surface area contributed by atoms with Gasteiger partial charge >= 0.3 is 0 Å². The van der Waals surface area contributed by atoms with Crippen LogP contribution >= 0.6 is 34.3 Å². The van der Waals surface area contributed by atoms with Gasteiger partial charge in [0.1, 0.15) is 15.5 Å². The van der Waals surface area contributed by atoms with Crippen molar-refractivity contribution in [2.45, 2.75) is 0 Å². The predicted octanol–water partition coefficient (Wildman–Crippen LogP) is 6.58. The molecule has 0 aliphatic heterocycles. The first kappa shape index (κ1) is 21.4. The number of methoxy groups -OCH3 is 1. The molecule has 0 spiro atoms. The molecule has 3 aromatic heterocycles. The van der Waals surface area contributed by atoms with E-state index in [1.54, 1.807) is 7.11 Å². The van der Waals surface area contributed by atoms with Crippen LogP contribution in [0, 0.1) is 0 Å². The van der Waals surface area contributed by atoms with Crippen LogP contribution in [-0.4, -0.2) is 23.0 Å². The van der Waals surface area contributed by atoms with Gasteiger partial charge in [0, 0.05) is 26.9 Å². The summed E-state index contributed by atoms with van der Waals surface area (Å²) in [5.74, 6) is 0.467. The van der Waals surface area contributed by atoms with E-state index >= 15 is 0 Å². The molecule has 0 radical (unpaired) electrons. The summed E-state index contributed by atoms with van der Waals surface area (Å²) in [7, 11) is 1.62. The fourth-order valence-corrected chi connectivity index (χ4v) is 5.16. The Labute approximate surface area is 202 Å². The van der Waals surface area contributed by atoms with Gasteiger partial charge in [-0.15, -0.1) is 22.7 Å². The van der Waals surface area contributed by atoms with Crippen molar-refractivity contribution in [2.75, 3.05) is 18.2 Å². The van der Waals surface area contributed by atoms with Crippen molar-refractivity contribution in [3.63, 3.8) is 0 Å². The summed E-state index contributed by atoms with van der Waals surface area (Å²) >= 11 is 8.59. The number of hydrogen-bond acceptors (Lipinski definition) is 7. The van der Waals surface area contributed by atoms with Crippen molar-refractivity contribution in [1.82, 2.24) is 9.97 Å². The number of pyridine rings is 1. The second kappa shape index (κ2) is 8.82. The molecular weight excluding hydrogens is 476 g/mol. The average Bonchev–Trinajstić information content (AvgIpc) is 3.44. The molecular formula is C24H17ClN4O2S2. The third-order valence-corrected chi connectivity index (χ3v) is 7.17. The Morgan fingerprint density at radius 2 is 1.67 bits per heavy atom. The van der Waals surface area contributed by atoms with E-state index in [0.717, 1.165) is 33.7 Å². The minimum Gasteiger partial charge on any atom is -0.497 e. The van der Waals surface area contributed by atoms with Crippen molar-refractivity contribution in [2.24, 2.45) is 0 Å². The smallest absolute Gasteiger partial charge is 0.269 e. The summed E-state index contributed by atoms with van der Waals surface area (Å²) in [5, 5.41) is 6.66. The molecule has 33 heavy (non-hydrogen) atoms. The Hall–Kier alpha value is -3.46. The Bertz CT molecular complexity index is 1460. The van der Waals surface area contributed by atoms with E-state index in [-0.39, 0.29) is 5.91 Å². The molecule has 164 valence electrons. The van der Waals surface area contributed by atoms with Crippen molar-refractivity contribution in [3.8, 4) is 28.3 Å². The fourth-order valence-electron chi connectivity index (χ4n) is 3.33. The zero-order chi connectivity index (χ0) is 22.9. The highest BCUT2D eigenvalue weighted by Gasteiger charge is 2.19. The SMILES string of the molecule is COc1ccc(-c2csc(NC(=O)c3sc4nc(-c5ccc(Cl)cc5)ccc4c3N)n2)cc1. The van der Waals surface area contributed by atoms with Crippen LogP contribution in [0.25, 0.3) is 32.7 Å². The Morgan fingerprint density at radius 3 is 2.39 bits per heavy atom. The van der Waals surface area contributed by atoms with E-state index in [2.05, 4.69) is 10.3 Å². The number of rotatable bonds is 5. The molecule has 5 rings (SSSR count). The molecule has 0 saturated carbocycles. The minimum absolute atomic E-state index is 0.306. The number of aromatic nitrogens is 2. The van der Waals surface area contributed by atoms with Crippen molar-refractivity contribution in [3.05, 3.63) is 75.9 Å². The first-order chi connectivity index (χ1) is 16.0. The number of fused-ring (bicyclic) bond motifs is 1. The largest absolute Gasteiger partial charge is 0.497 e. The maximum atomic E-state index is 13.0. The first-order valence-electron chi connectivity index (χ1n) is 9.88. The van der Waals surface area contributed by atoms with Gasteiger partial charge in [0.05, 0.1) is 24.2 Å². The van der Waals surface area contributed by atoms with Crippen LogP contribution in [0.15, 0.2) is 66.0 Å². The number of ether oxygens (including phenoxy) is 1. The molecule has 0 fully saturated rings. The quantitative estimate of drug-likeness (QED) is 0.289. The van der Waals surface area contributed by atoms with Crippen LogP contribution in [0.2, 0.25) is 5.02 Å². The number of anilines is 2. The monoisotopic (exact) mass is 492 g/mol. The zero-order valence-electron chi connectivity index (χ0n) is 17.3. The maximum Gasteiger partial charge on any atom is 0.269 e. The molecule has 0 aliphatic rings. The normalized spacial score (nSPS) is 11.0. The molecule has 2 aromatic carbocycles. The first-order valence-corrected chi connectivity index (χ1v) is 12.0. The van der Waals surface area contributed by atoms with Gasteiger partial charge < -0.3 is 10.5 Å². The van der Waals surface area contributed by atoms with Crippen LogP contribution in [0.3, 0.4) is 0 Å². The second-order valence-electron chi connectivity index (χ2n) is 7.12. The van der Waals surface area contributed by atoms with Crippen molar-refractivity contribution < 1.29 is 9.53 Å². The Kier molecular flexibility index (Phi) is 5.72. The molecule has 1 amide bonds. The molecule has 0 unspecified atom stereocenters. The van der Waals surface area contributed by atoms with E-state index in [1.165, 1.54) is 22.7 Å². The van der Waals surface area contributed by atoms with E-state index in [4.69, 9.17) is 27.1 Å². The number of nitrogen functional groups attached to an aromatic ring is 1. The van der Waals surface area contributed by atoms with Crippen LogP contribution in [0.5, 0.6) is 5.75 Å². The number of thiazole rings is 1. The molecule has 9 heteroatoms. The standard InChI is InChI=1S/C24H17ClN4O2S2/c1-31-16-8-4-14(5-9-16)19-12-32-24(28-19)29-22(30)21-20(26)17-10-11-18(27-23(17)33-21)13-2-6-15(25)7-3-13/h2-12H,26H2,1H3,(H,28,29,30). The van der Waals surface area contributed by atoms with Gasteiger partial charge in [0.15, 0.2) is 5.13 Å². The summed E-state index contributed by atoms with van der Waals surface area (Å²) in [4.78, 5) is 23.3. The zero-order valence-corrected chi connectivity index (χ0v) is 19.7.